The molecule has 1 aliphatic carbocycles. The third-order valence-corrected chi connectivity index (χ3v) is 4.90. The first kappa shape index (κ1) is 15.8. The summed E-state index contributed by atoms with van der Waals surface area (Å²) in [6, 6.07) is 12.5. The number of aromatic nitrogens is 2. The molecule has 2 heteroatoms. The zero-order chi connectivity index (χ0) is 16.3. The SMILES string of the molecule is CC1=CCCC(C)(C)C1/C=C/c1ccn(Cc2ccccc2)n1. The summed E-state index contributed by atoms with van der Waals surface area (Å²) in [5.41, 5.74) is 4.14. The molecule has 0 fully saturated rings. The second kappa shape index (κ2) is 6.57. The first-order chi connectivity index (χ1) is 11.0. The van der Waals surface area contributed by atoms with Gasteiger partial charge in [-0.2, -0.15) is 5.10 Å². The number of rotatable bonds is 4. The zero-order valence-corrected chi connectivity index (χ0v) is 14.4. The van der Waals surface area contributed by atoms with Crippen molar-refractivity contribution >= 4 is 6.08 Å². The lowest BCUT2D eigenvalue weighted by molar-refractivity contribution is 0.256. The van der Waals surface area contributed by atoms with Crippen LogP contribution < -0.4 is 0 Å². The standard InChI is InChI=1S/C21H26N2/c1-17-8-7-14-21(2,3)20(17)12-11-19-13-15-23(22-19)16-18-9-5-4-6-10-18/h4-6,8-13,15,20H,7,14,16H2,1-3H3/b12-11+. The molecule has 0 saturated carbocycles. The number of hydrogen-bond donors (Lipinski definition) is 0. The van der Waals surface area contributed by atoms with E-state index in [4.69, 9.17) is 0 Å². The summed E-state index contributed by atoms with van der Waals surface area (Å²) in [5, 5.41) is 4.67. The lowest BCUT2D eigenvalue weighted by Crippen LogP contribution is -2.26. The monoisotopic (exact) mass is 306 g/mol. The topological polar surface area (TPSA) is 17.8 Å². The van der Waals surface area contributed by atoms with Gasteiger partial charge in [0.05, 0.1) is 12.2 Å². The molecule has 3 rings (SSSR count). The van der Waals surface area contributed by atoms with Gasteiger partial charge in [0.1, 0.15) is 0 Å². The van der Waals surface area contributed by atoms with Crippen molar-refractivity contribution in [3.8, 4) is 0 Å². The molecular weight excluding hydrogens is 280 g/mol. The van der Waals surface area contributed by atoms with Gasteiger partial charge in [0.2, 0.25) is 0 Å². The minimum atomic E-state index is 0.335. The molecule has 1 unspecified atom stereocenters. The van der Waals surface area contributed by atoms with Gasteiger partial charge in [-0.3, -0.25) is 4.68 Å². The number of benzene rings is 1. The van der Waals surface area contributed by atoms with Crippen LogP contribution in [0.4, 0.5) is 0 Å². The van der Waals surface area contributed by atoms with Crippen LogP contribution in [0.5, 0.6) is 0 Å². The van der Waals surface area contributed by atoms with Gasteiger partial charge in [0.15, 0.2) is 0 Å². The molecule has 1 aromatic carbocycles. The molecule has 0 bridgehead atoms. The molecule has 0 saturated heterocycles. The van der Waals surface area contributed by atoms with Gasteiger partial charge in [0.25, 0.3) is 0 Å². The summed E-state index contributed by atoms with van der Waals surface area (Å²) < 4.78 is 2.00. The van der Waals surface area contributed by atoms with Crippen LogP contribution in [0.15, 0.2) is 60.3 Å². The van der Waals surface area contributed by atoms with Gasteiger partial charge < -0.3 is 0 Å². The van der Waals surface area contributed by atoms with E-state index in [-0.39, 0.29) is 0 Å². The molecule has 1 aromatic heterocycles. The largest absolute Gasteiger partial charge is 0.268 e. The van der Waals surface area contributed by atoms with E-state index in [9.17, 15) is 0 Å². The number of allylic oxidation sites excluding steroid dienone is 3. The smallest absolute Gasteiger partial charge is 0.0848 e. The van der Waals surface area contributed by atoms with Crippen molar-refractivity contribution in [3.63, 3.8) is 0 Å². The van der Waals surface area contributed by atoms with E-state index in [0.29, 0.717) is 11.3 Å². The number of hydrogen-bond acceptors (Lipinski definition) is 1. The molecule has 2 aromatic rings. The van der Waals surface area contributed by atoms with Gasteiger partial charge in [-0.05, 0) is 42.9 Å². The summed E-state index contributed by atoms with van der Waals surface area (Å²) in [4.78, 5) is 0. The second-order valence-electron chi connectivity index (χ2n) is 7.24. The Bertz CT molecular complexity index is 704. The highest BCUT2D eigenvalue weighted by molar-refractivity contribution is 5.45. The van der Waals surface area contributed by atoms with Gasteiger partial charge in [0, 0.05) is 12.1 Å². The van der Waals surface area contributed by atoms with Crippen LogP contribution in [0.3, 0.4) is 0 Å². The highest BCUT2D eigenvalue weighted by atomic mass is 15.3. The Morgan fingerprint density at radius 2 is 2.00 bits per heavy atom. The van der Waals surface area contributed by atoms with Crippen molar-refractivity contribution in [1.82, 2.24) is 9.78 Å². The van der Waals surface area contributed by atoms with E-state index < -0.39 is 0 Å². The van der Waals surface area contributed by atoms with Crippen LogP contribution in [0.2, 0.25) is 0 Å². The van der Waals surface area contributed by atoms with Crippen LogP contribution in [-0.4, -0.2) is 9.78 Å². The van der Waals surface area contributed by atoms with E-state index in [1.807, 2.05) is 10.7 Å². The molecule has 0 amide bonds. The maximum Gasteiger partial charge on any atom is 0.0848 e. The van der Waals surface area contributed by atoms with Gasteiger partial charge >= 0.3 is 0 Å². The summed E-state index contributed by atoms with van der Waals surface area (Å²) in [5.74, 6) is 0.510. The van der Waals surface area contributed by atoms with Gasteiger partial charge in [-0.15, -0.1) is 0 Å². The van der Waals surface area contributed by atoms with Crippen molar-refractivity contribution in [2.45, 2.75) is 40.2 Å². The summed E-state index contributed by atoms with van der Waals surface area (Å²) >= 11 is 0. The van der Waals surface area contributed by atoms with Crippen LogP contribution in [0.1, 0.15) is 44.9 Å². The molecule has 0 spiro atoms. The second-order valence-corrected chi connectivity index (χ2v) is 7.24. The van der Waals surface area contributed by atoms with E-state index >= 15 is 0 Å². The molecular formula is C21H26N2. The van der Waals surface area contributed by atoms with Crippen molar-refractivity contribution in [2.75, 3.05) is 0 Å². The summed E-state index contributed by atoms with van der Waals surface area (Å²) in [6.45, 7) is 7.81. The fraction of sp³-hybridized carbons (Fsp3) is 0.381. The van der Waals surface area contributed by atoms with E-state index in [0.717, 1.165) is 12.2 Å². The third-order valence-electron chi connectivity index (χ3n) is 4.90. The molecule has 0 aliphatic heterocycles. The number of nitrogens with zero attached hydrogens (tertiary/aromatic N) is 2. The fourth-order valence-electron chi connectivity index (χ4n) is 3.50. The Kier molecular flexibility index (Phi) is 4.51. The highest BCUT2D eigenvalue weighted by Crippen LogP contribution is 2.41. The molecule has 120 valence electrons. The molecule has 1 atom stereocenters. The molecule has 0 radical (unpaired) electrons. The first-order valence-electron chi connectivity index (χ1n) is 8.47. The average Bonchev–Trinajstić information content (AvgIpc) is 2.94. The Labute approximate surface area is 139 Å². The maximum atomic E-state index is 4.67. The van der Waals surface area contributed by atoms with E-state index in [1.165, 1.54) is 24.0 Å². The van der Waals surface area contributed by atoms with Crippen molar-refractivity contribution in [3.05, 3.63) is 71.6 Å². The molecule has 0 N–H and O–H groups in total. The van der Waals surface area contributed by atoms with Gasteiger partial charge in [-0.1, -0.05) is 61.9 Å². The Balaban J connectivity index is 1.71. The predicted octanol–water partition coefficient (Wildman–Crippen LogP) is 5.33. The van der Waals surface area contributed by atoms with Crippen molar-refractivity contribution in [2.24, 2.45) is 11.3 Å². The van der Waals surface area contributed by atoms with Crippen LogP contribution in [0.25, 0.3) is 6.08 Å². The van der Waals surface area contributed by atoms with E-state index in [2.05, 4.69) is 80.6 Å². The first-order valence-corrected chi connectivity index (χ1v) is 8.47. The molecule has 23 heavy (non-hydrogen) atoms. The third kappa shape index (κ3) is 3.82. The zero-order valence-electron chi connectivity index (χ0n) is 14.4. The lowest BCUT2D eigenvalue weighted by atomic mass is 9.68. The van der Waals surface area contributed by atoms with Crippen LogP contribution in [-0.2, 0) is 6.54 Å². The Morgan fingerprint density at radius 1 is 1.22 bits per heavy atom. The van der Waals surface area contributed by atoms with Crippen LogP contribution in [0, 0.1) is 11.3 Å². The fourth-order valence-corrected chi connectivity index (χ4v) is 3.50. The van der Waals surface area contributed by atoms with E-state index in [1.54, 1.807) is 0 Å². The minimum Gasteiger partial charge on any atom is -0.268 e. The van der Waals surface area contributed by atoms with Crippen molar-refractivity contribution < 1.29 is 0 Å². The molecule has 1 aliphatic rings. The molecule has 2 nitrogen and oxygen atoms in total. The quantitative estimate of drug-likeness (QED) is 0.698. The highest BCUT2D eigenvalue weighted by Gasteiger charge is 2.30. The average molecular weight is 306 g/mol. The predicted molar refractivity (Wildman–Crippen MR) is 97.1 cm³/mol. The van der Waals surface area contributed by atoms with Crippen LogP contribution >= 0.6 is 0 Å². The lowest BCUT2D eigenvalue weighted by Gasteiger charge is -2.36. The minimum absolute atomic E-state index is 0.335. The maximum absolute atomic E-state index is 4.67. The normalized spacial score (nSPS) is 20.7. The molecule has 1 heterocycles. The summed E-state index contributed by atoms with van der Waals surface area (Å²) in [7, 11) is 0. The Hall–Kier alpha value is -2.09. The van der Waals surface area contributed by atoms with Gasteiger partial charge in [-0.25, -0.2) is 0 Å². The summed E-state index contributed by atoms with van der Waals surface area (Å²) in [6.07, 6.45) is 11.4. The Morgan fingerprint density at radius 3 is 2.74 bits per heavy atom. The van der Waals surface area contributed by atoms with Crippen molar-refractivity contribution in [1.29, 1.82) is 0 Å².